The highest BCUT2D eigenvalue weighted by Crippen LogP contribution is 2.43. The van der Waals surface area contributed by atoms with Gasteiger partial charge in [0.2, 0.25) is 0 Å². The summed E-state index contributed by atoms with van der Waals surface area (Å²) in [6.45, 7) is 5.49. The van der Waals surface area contributed by atoms with E-state index in [1.165, 1.54) is 12.1 Å². The lowest BCUT2D eigenvalue weighted by atomic mass is 9.91. The number of amides is 1. The van der Waals surface area contributed by atoms with E-state index in [1.54, 1.807) is 18.2 Å². The second-order valence-electron chi connectivity index (χ2n) is 7.82. The molecule has 0 fully saturated rings. The summed E-state index contributed by atoms with van der Waals surface area (Å²) in [6.07, 6.45) is -4.49. The predicted octanol–water partition coefficient (Wildman–Crippen LogP) is 5.53. The van der Waals surface area contributed by atoms with Crippen molar-refractivity contribution in [1.29, 1.82) is 0 Å². The van der Waals surface area contributed by atoms with E-state index in [0.29, 0.717) is 5.56 Å². The van der Waals surface area contributed by atoms with Gasteiger partial charge in [-0.3, -0.25) is 14.5 Å². The average Bonchev–Trinajstić information content (AvgIpc) is 2.92. The third-order valence-corrected chi connectivity index (χ3v) is 4.91. The molecule has 0 saturated heterocycles. The number of hydrogen-bond acceptors (Lipinski definition) is 3. The number of rotatable bonds is 5. The molecule has 2 aromatic carbocycles. The Bertz CT molecular complexity index is 1020. The van der Waals surface area contributed by atoms with Crippen molar-refractivity contribution in [3.8, 4) is 0 Å². The van der Waals surface area contributed by atoms with Crippen LogP contribution < -0.4 is 4.90 Å². The van der Waals surface area contributed by atoms with Gasteiger partial charge in [-0.15, -0.1) is 0 Å². The molecule has 0 aliphatic carbocycles. The van der Waals surface area contributed by atoms with Crippen molar-refractivity contribution in [3.05, 3.63) is 76.6 Å². The minimum atomic E-state index is -4.59. The van der Waals surface area contributed by atoms with Crippen molar-refractivity contribution in [2.75, 3.05) is 4.90 Å². The summed E-state index contributed by atoms with van der Waals surface area (Å²) < 4.78 is 39.7. The highest BCUT2D eigenvalue weighted by atomic mass is 19.4. The fourth-order valence-corrected chi connectivity index (χ4v) is 3.62. The van der Waals surface area contributed by atoms with E-state index in [2.05, 4.69) is 0 Å². The topological polar surface area (TPSA) is 57.6 Å². The Morgan fingerprint density at radius 3 is 2.40 bits per heavy atom. The maximum Gasteiger partial charge on any atom is 0.416 e. The molecule has 1 amide bonds. The van der Waals surface area contributed by atoms with Gasteiger partial charge in [0, 0.05) is 12.1 Å². The third-order valence-electron chi connectivity index (χ3n) is 4.91. The van der Waals surface area contributed by atoms with E-state index in [9.17, 15) is 27.9 Å². The van der Waals surface area contributed by atoms with Crippen LogP contribution in [0.15, 0.2) is 59.9 Å². The quantitative estimate of drug-likeness (QED) is 0.696. The first kappa shape index (κ1) is 21.6. The lowest BCUT2D eigenvalue weighted by Gasteiger charge is -2.28. The van der Waals surface area contributed by atoms with Crippen molar-refractivity contribution < 1.29 is 27.9 Å². The number of carbonyl (C=O) groups is 2. The van der Waals surface area contributed by atoms with Crippen LogP contribution in [0.2, 0.25) is 0 Å². The molecule has 0 bridgehead atoms. The molecule has 1 heterocycles. The summed E-state index contributed by atoms with van der Waals surface area (Å²) in [5.41, 5.74) is 0.345. The highest BCUT2D eigenvalue weighted by molar-refractivity contribution is 6.16. The Kier molecular flexibility index (Phi) is 5.74. The summed E-state index contributed by atoms with van der Waals surface area (Å²) in [5.74, 6) is -2.04. The van der Waals surface area contributed by atoms with Crippen LogP contribution in [0.1, 0.15) is 43.0 Å². The van der Waals surface area contributed by atoms with Crippen LogP contribution in [0, 0.1) is 12.8 Å². The first-order valence-corrected chi connectivity index (χ1v) is 9.54. The maximum atomic E-state index is 13.2. The Balaban J connectivity index is 2.18. The zero-order valence-corrected chi connectivity index (χ0v) is 16.8. The fraction of sp³-hybridized carbons (Fsp3) is 0.304. The van der Waals surface area contributed by atoms with Crippen molar-refractivity contribution in [2.24, 2.45) is 5.92 Å². The molecular weight excluding hydrogens is 395 g/mol. The third kappa shape index (κ3) is 4.10. The number of nitrogens with zero attached hydrogens (tertiary/aromatic N) is 1. The van der Waals surface area contributed by atoms with Gasteiger partial charge in [-0.05, 0) is 36.6 Å². The minimum absolute atomic E-state index is 0.0198. The largest absolute Gasteiger partial charge is 0.503 e. The van der Waals surface area contributed by atoms with Crippen molar-refractivity contribution in [1.82, 2.24) is 0 Å². The Labute approximate surface area is 172 Å². The van der Waals surface area contributed by atoms with Gasteiger partial charge in [-0.25, -0.2) is 0 Å². The van der Waals surface area contributed by atoms with Gasteiger partial charge in [-0.2, -0.15) is 13.2 Å². The van der Waals surface area contributed by atoms with Gasteiger partial charge in [-0.1, -0.05) is 49.7 Å². The molecule has 1 N–H and O–H groups in total. The molecule has 0 spiro atoms. The van der Waals surface area contributed by atoms with Crippen LogP contribution >= 0.6 is 0 Å². The monoisotopic (exact) mass is 417 g/mol. The number of halogens is 3. The molecule has 0 radical (unpaired) electrons. The molecule has 3 rings (SSSR count). The molecule has 158 valence electrons. The molecule has 1 unspecified atom stereocenters. The van der Waals surface area contributed by atoms with Gasteiger partial charge in [0.25, 0.3) is 5.91 Å². The van der Waals surface area contributed by atoms with Crippen LogP contribution in [0.3, 0.4) is 0 Å². The standard InChI is InChI=1S/C23H22F3NO3/c1-13(2)10-18(28)19-20(15-7-4-6-14(3)11-15)27(22(30)21(19)29)17-9-5-8-16(12-17)23(24,25)26/h4-9,11-13,20,29H,10H2,1-3H3. The number of anilines is 1. The molecule has 0 aromatic heterocycles. The number of Topliss-reactive ketones (excluding diaryl/α,β-unsaturated/α-hetero) is 1. The first-order valence-electron chi connectivity index (χ1n) is 9.54. The number of benzene rings is 2. The molecule has 0 saturated carbocycles. The zero-order valence-electron chi connectivity index (χ0n) is 16.8. The minimum Gasteiger partial charge on any atom is -0.503 e. The lowest BCUT2D eigenvalue weighted by Crippen LogP contribution is -2.31. The molecule has 30 heavy (non-hydrogen) atoms. The Morgan fingerprint density at radius 1 is 1.13 bits per heavy atom. The molecular formula is C23H22F3NO3. The van der Waals surface area contributed by atoms with E-state index in [0.717, 1.165) is 22.6 Å². The van der Waals surface area contributed by atoms with Crippen molar-refractivity contribution >= 4 is 17.4 Å². The summed E-state index contributed by atoms with van der Waals surface area (Å²) in [4.78, 5) is 26.9. The van der Waals surface area contributed by atoms with Crippen LogP contribution in [0.4, 0.5) is 18.9 Å². The molecule has 4 nitrogen and oxygen atoms in total. The zero-order chi connectivity index (χ0) is 22.2. The van der Waals surface area contributed by atoms with E-state index in [1.807, 2.05) is 26.8 Å². The summed E-state index contributed by atoms with van der Waals surface area (Å²) in [6, 6.07) is 10.3. The molecule has 1 atom stereocenters. The normalized spacial score (nSPS) is 17.2. The number of aryl methyl sites for hydroxylation is 1. The smallest absolute Gasteiger partial charge is 0.416 e. The van der Waals surface area contributed by atoms with E-state index < -0.39 is 35.2 Å². The van der Waals surface area contributed by atoms with Gasteiger partial charge in [0.1, 0.15) is 0 Å². The summed E-state index contributed by atoms with van der Waals surface area (Å²) in [5, 5.41) is 10.5. The first-order chi connectivity index (χ1) is 14.0. The lowest BCUT2D eigenvalue weighted by molar-refractivity contribution is -0.137. The van der Waals surface area contributed by atoms with Crippen LogP contribution in [-0.4, -0.2) is 16.8 Å². The highest BCUT2D eigenvalue weighted by Gasteiger charge is 2.44. The van der Waals surface area contributed by atoms with Crippen molar-refractivity contribution in [2.45, 2.75) is 39.4 Å². The SMILES string of the molecule is Cc1cccc(C2C(C(=O)CC(C)C)=C(O)C(=O)N2c2cccc(C(F)(F)F)c2)c1. The van der Waals surface area contributed by atoms with Crippen molar-refractivity contribution in [3.63, 3.8) is 0 Å². The molecule has 1 aliphatic rings. The fourth-order valence-electron chi connectivity index (χ4n) is 3.62. The number of carbonyl (C=O) groups excluding carboxylic acids is 2. The second kappa shape index (κ2) is 7.97. The number of hydrogen-bond donors (Lipinski definition) is 1. The van der Waals surface area contributed by atoms with E-state index >= 15 is 0 Å². The number of aliphatic hydroxyl groups excluding tert-OH is 1. The van der Waals surface area contributed by atoms with Gasteiger partial charge in [0.15, 0.2) is 11.5 Å². The molecule has 2 aromatic rings. The number of aliphatic hydroxyl groups is 1. The molecule has 1 aliphatic heterocycles. The van der Waals surface area contributed by atoms with Crippen LogP contribution in [-0.2, 0) is 15.8 Å². The van der Waals surface area contributed by atoms with E-state index in [-0.39, 0.29) is 23.6 Å². The maximum absolute atomic E-state index is 13.2. The Morgan fingerprint density at radius 2 is 1.80 bits per heavy atom. The molecule has 7 heteroatoms. The van der Waals surface area contributed by atoms with Gasteiger partial charge >= 0.3 is 6.18 Å². The number of alkyl halides is 3. The van der Waals surface area contributed by atoms with Crippen LogP contribution in [0.25, 0.3) is 0 Å². The van der Waals surface area contributed by atoms with Gasteiger partial charge in [0.05, 0.1) is 17.2 Å². The number of ketones is 1. The summed E-state index contributed by atoms with van der Waals surface area (Å²) >= 11 is 0. The Hall–Kier alpha value is -3.09. The summed E-state index contributed by atoms with van der Waals surface area (Å²) in [7, 11) is 0. The van der Waals surface area contributed by atoms with Gasteiger partial charge < -0.3 is 5.11 Å². The van der Waals surface area contributed by atoms with Crippen LogP contribution in [0.5, 0.6) is 0 Å². The predicted molar refractivity (Wildman–Crippen MR) is 107 cm³/mol. The average molecular weight is 417 g/mol. The van der Waals surface area contributed by atoms with E-state index in [4.69, 9.17) is 0 Å². The second-order valence-corrected chi connectivity index (χ2v) is 7.82.